The number of Topliss-reactive ketones (excluding diaryl/α,β-unsaturated/α-hetero) is 1. The van der Waals surface area contributed by atoms with Gasteiger partial charge in [-0.2, -0.15) is 0 Å². The van der Waals surface area contributed by atoms with Crippen molar-refractivity contribution in [2.24, 2.45) is 5.92 Å². The van der Waals surface area contributed by atoms with Gasteiger partial charge in [0.15, 0.2) is 19.0 Å². The first-order chi connectivity index (χ1) is 14.9. The number of rotatable bonds is 8. The topological polar surface area (TPSA) is 84.9 Å². The molecule has 7 heteroatoms. The molecule has 1 aliphatic heterocycles. The normalized spacial score (nSPS) is 15.2. The lowest BCUT2D eigenvalue weighted by molar-refractivity contribution is -0.125. The third kappa shape index (κ3) is 5.05. The summed E-state index contributed by atoms with van der Waals surface area (Å²) >= 11 is 0. The molecule has 0 saturated heterocycles. The van der Waals surface area contributed by atoms with Crippen LogP contribution in [0.25, 0.3) is 0 Å². The number of benzene rings is 2. The van der Waals surface area contributed by atoms with Crippen molar-refractivity contribution in [2.45, 2.75) is 26.7 Å². The van der Waals surface area contributed by atoms with Gasteiger partial charge in [-0.05, 0) is 74.1 Å². The first-order valence-electron chi connectivity index (χ1n) is 10.5. The molecule has 2 aliphatic rings. The van der Waals surface area contributed by atoms with Gasteiger partial charge in [-0.15, -0.1) is 0 Å². The Hall–Kier alpha value is -3.35. The predicted molar refractivity (Wildman–Crippen MR) is 116 cm³/mol. The monoisotopic (exact) mass is 422 g/mol. The molecule has 2 amide bonds. The van der Waals surface area contributed by atoms with Crippen LogP contribution < -0.4 is 19.7 Å². The number of fused-ring (bicyclic) bond motifs is 1. The summed E-state index contributed by atoms with van der Waals surface area (Å²) in [5.74, 6) is 0.895. The summed E-state index contributed by atoms with van der Waals surface area (Å²) in [7, 11) is 0. The van der Waals surface area contributed by atoms with Gasteiger partial charge in [-0.3, -0.25) is 19.3 Å². The maximum atomic E-state index is 12.7. The number of carbonyl (C=O) groups is 3. The van der Waals surface area contributed by atoms with E-state index in [-0.39, 0.29) is 37.4 Å². The summed E-state index contributed by atoms with van der Waals surface area (Å²) in [6.45, 7) is 4.28. The molecule has 0 spiro atoms. The molecule has 0 unspecified atom stereocenters. The highest BCUT2D eigenvalue weighted by Crippen LogP contribution is 2.33. The van der Waals surface area contributed by atoms with Gasteiger partial charge < -0.3 is 14.8 Å². The van der Waals surface area contributed by atoms with Crippen molar-refractivity contribution in [3.8, 4) is 11.5 Å². The zero-order chi connectivity index (χ0) is 22.0. The van der Waals surface area contributed by atoms with E-state index < -0.39 is 0 Å². The second-order valence-corrected chi connectivity index (χ2v) is 8.16. The Labute approximate surface area is 181 Å². The number of hydrogen-bond acceptors (Lipinski definition) is 5. The highest BCUT2D eigenvalue weighted by molar-refractivity contribution is 6.04. The molecule has 162 valence electrons. The Bertz CT molecular complexity index is 1030. The summed E-state index contributed by atoms with van der Waals surface area (Å²) in [6.07, 6.45) is 2.27. The zero-order valence-corrected chi connectivity index (χ0v) is 17.8. The first kappa shape index (κ1) is 20.9. The fourth-order valence-electron chi connectivity index (χ4n) is 3.36. The maximum Gasteiger partial charge on any atom is 0.265 e. The van der Waals surface area contributed by atoms with Crippen LogP contribution in [0.3, 0.4) is 0 Å². The van der Waals surface area contributed by atoms with Crippen LogP contribution in [0, 0.1) is 19.8 Å². The largest absolute Gasteiger partial charge is 0.485 e. The number of amides is 2. The smallest absolute Gasteiger partial charge is 0.265 e. The van der Waals surface area contributed by atoms with E-state index in [1.54, 1.807) is 18.2 Å². The zero-order valence-electron chi connectivity index (χ0n) is 17.8. The quantitative estimate of drug-likeness (QED) is 0.662. The van der Waals surface area contributed by atoms with Gasteiger partial charge in [0, 0.05) is 12.1 Å². The standard InChI is InChI=1S/C24H26N2O5/c1-15-3-7-19(9-16(15)2)30-13-21(27)18-6-8-22-20(10-18)26(24(29)14-31-22)12-23(28)25-11-17-4-5-17/h3,6-10,17H,4-5,11-14H2,1-2H3,(H,25,28). The molecule has 1 fully saturated rings. The van der Waals surface area contributed by atoms with E-state index in [9.17, 15) is 14.4 Å². The number of ether oxygens (including phenoxy) is 2. The van der Waals surface area contributed by atoms with Gasteiger partial charge in [-0.1, -0.05) is 6.07 Å². The molecule has 7 nitrogen and oxygen atoms in total. The molecule has 1 heterocycles. The summed E-state index contributed by atoms with van der Waals surface area (Å²) in [5, 5.41) is 2.87. The summed E-state index contributed by atoms with van der Waals surface area (Å²) in [5.41, 5.74) is 3.06. The Balaban J connectivity index is 1.45. The number of nitrogens with one attached hydrogen (secondary N) is 1. The highest BCUT2D eigenvalue weighted by Gasteiger charge is 2.29. The van der Waals surface area contributed by atoms with Crippen LogP contribution in [0.4, 0.5) is 5.69 Å². The number of nitrogens with zero attached hydrogens (tertiary/aromatic N) is 1. The number of aryl methyl sites for hydroxylation is 2. The van der Waals surface area contributed by atoms with Crippen LogP contribution >= 0.6 is 0 Å². The summed E-state index contributed by atoms with van der Waals surface area (Å²) < 4.78 is 11.1. The fraction of sp³-hybridized carbons (Fsp3) is 0.375. The minimum Gasteiger partial charge on any atom is -0.485 e. The van der Waals surface area contributed by atoms with Crippen molar-refractivity contribution in [3.05, 3.63) is 53.1 Å². The Morgan fingerprint density at radius 3 is 2.68 bits per heavy atom. The van der Waals surface area contributed by atoms with Gasteiger partial charge in [0.1, 0.15) is 18.0 Å². The molecule has 0 aromatic heterocycles. The van der Waals surface area contributed by atoms with E-state index in [4.69, 9.17) is 9.47 Å². The van der Waals surface area contributed by atoms with Gasteiger partial charge in [0.25, 0.3) is 5.91 Å². The van der Waals surface area contributed by atoms with Crippen molar-refractivity contribution in [1.82, 2.24) is 5.32 Å². The minimum atomic E-state index is -0.315. The number of carbonyl (C=O) groups excluding carboxylic acids is 3. The molecule has 4 rings (SSSR count). The van der Waals surface area contributed by atoms with E-state index in [1.807, 2.05) is 32.0 Å². The fourth-order valence-corrected chi connectivity index (χ4v) is 3.36. The van der Waals surface area contributed by atoms with Gasteiger partial charge in [-0.25, -0.2) is 0 Å². The summed E-state index contributed by atoms with van der Waals surface area (Å²) in [6, 6.07) is 10.6. The SMILES string of the molecule is Cc1ccc(OCC(=O)c2ccc3c(c2)N(CC(=O)NCC2CC2)C(=O)CO3)cc1C. The average Bonchev–Trinajstić information content (AvgIpc) is 3.59. The molecule has 31 heavy (non-hydrogen) atoms. The van der Waals surface area contributed by atoms with E-state index in [0.717, 1.165) is 24.0 Å². The Morgan fingerprint density at radius 2 is 1.94 bits per heavy atom. The first-order valence-corrected chi connectivity index (χ1v) is 10.5. The predicted octanol–water partition coefficient (Wildman–Crippen LogP) is 2.82. The van der Waals surface area contributed by atoms with Crippen molar-refractivity contribution < 1.29 is 23.9 Å². The van der Waals surface area contributed by atoms with Crippen molar-refractivity contribution in [1.29, 1.82) is 0 Å². The van der Waals surface area contributed by atoms with Gasteiger partial charge in [0.05, 0.1) is 5.69 Å². The second-order valence-electron chi connectivity index (χ2n) is 8.16. The average molecular weight is 422 g/mol. The van der Waals surface area contributed by atoms with Crippen LogP contribution in [0.2, 0.25) is 0 Å². The maximum absolute atomic E-state index is 12.7. The van der Waals surface area contributed by atoms with Crippen LogP contribution in [0.1, 0.15) is 34.3 Å². The molecule has 1 saturated carbocycles. The number of anilines is 1. The Morgan fingerprint density at radius 1 is 1.13 bits per heavy atom. The highest BCUT2D eigenvalue weighted by atomic mass is 16.5. The van der Waals surface area contributed by atoms with Gasteiger partial charge in [0.2, 0.25) is 5.91 Å². The van der Waals surface area contributed by atoms with Crippen molar-refractivity contribution in [2.75, 3.05) is 31.2 Å². The lowest BCUT2D eigenvalue weighted by Gasteiger charge is -2.29. The Kier molecular flexibility index (Phi) is 5.93. The molecular weight excluding hydrogens is 396 g/mol. The van der Waals surface area contributed by atoms with Crippen molar-refractivity contribution in [3.63, 3.8) is 0 Å². The van der Waals surface area contributed by atoms with E-state index in [1.165, 1.54) is 4.90 Å². The second kappa shape index (κ2) is 8.79. The van der Waals surface area contributed by atoms with E-state index in [0.29, 0.717) is 35.2 Å². The van der Waals surface area contributed by atoms with Crippen LogP contribution in [-0.2, 0) is 9.59 Å². The van der Waals surface area contributed by atoms with Crippen LogP contribution in [0.5, 0.6) is 11.5 Å². The lowest BCUT2D eigenvalue weighted by Crippen LogP contribution is -2.45. The van der Waals surface area contributed by atoms with Crippen LogP contribution in [-0.4, -0.2) is 43.9 Å². The van der Waals surface area contributed by atoms with Crippen molar-refractivity contribution >= 4 is 23.3 Å². The molecule has 1 aliphatic carbocycles. The van der Waals surface area contributed by atoms with E-state index >= 15 is 0 Å². The molecule has 1 N–H and O–H groups in total. The van der Waals surface area contributed by atoms with E-state index in [2.05, 4.69) is 5.32 Å². The molecule has 0 radical (unpaired) electrons. The third-order valence-corrected chi connectivity index (χ3v) is 5.66. The molecular formula is C24H26N2O5. The molecule has 2 aromatic rings. The lowest BCUT2D eigenvalue weighted by atomic mass is 10.1. The molecule has 2 aromatic carbocycles. The number of hydrogen-bond donors (Lipinski definition) is 1. The number of ketones is 1. The minimum absolute atomic E-state index is 0.0985. The molecule has 0 bridgehead atoms. The third-order valence-electron chi connectivity index (χ3n) is 5.66. The van der Waals surface area contributed by atoms with Crippen LogP contribution in [0.15, 0.2) is 36.4 Å². The van der Waals surface area contributed by atoms with Gasteiger partial charge >= 0.3 is 0 Å². The molecule has 0 atom stereocenters. The summed E-state index contributed by atoms with van der Waals surface area (Å²) in [4.78, 5) is 38.8.